The van der Waals surface area contributed by atoms with Gasteiger partial charge >= 0.3 is 0 Å². The molecule has 124 valence electrons. The van der Waals surface area contributed by atoms with E-state index < -0.39 is 0 Å². The molecule has 25 heavy (non-hydrogen) atoms. The summed E-state index contributed by atoms with van der Waals surface area (Å²) >= 11 is 0. The Bertz CT molecular complexity index is 890. The van der Waals surface area contributed by atoms with Gasteiger partial charge in [0, 0.05) is 16.9 Å². The number of hydrogen-bond donors (Lipinski definition) is 3. The van der Waals surface area contributed by atoms with Crippen LogP contribution in [0.15, 0.2) is 78.9 Å². The predicted molar refractivity (Wildman–Crippen MR) is 99.6 cm³/mol. The molecule has 5 heteroatoms. The van der Waals surface area contributed by atoms with Gasteiger partial charge in [-0.2, -0.15) is 0 Å². The van der Waals surface area contributed by atoms with E-state index in [0.717, 1.165) is 0 Å². The lowest BCUT2D eigenvalue weighted by atomic mass is 10.1. The summed E-state index contributed by atoms with van der Waals surface area (Å²) in [5.74, 6) is -0.581. The quantitative estimate of drug-likeness (QED) is 0.636. The third kappa shape index (κ3) is 4.03. The van der Waals surface area contributed by atoms with Crippen molar-refractivity contribution in [2.24, 2.45) is 0 Å². The van der Waals surface area contributed by atoms with Gasteiger partial charge in [-0.3, -0.25) is 9.59 Å². The maximum Gasteiger partial charge on any atom is 0.257 e. The fourth-order valence-electron chi connectivity index (χ4n) is 2.34. The average molecular weight is 331 g/mol. The Balaban J connectivity index is 1.79. The molecule has 4 N–H and O–H groups in total. The second-order valence-electron chi connectivity index (χ2n) is 5.44. The highest BCUT2D eigenvalue weighted by molar-refractivity contribution is 6.12. The van der Waals surface area contributed by atoms with Crippen molar-refractivity contribution in [3.63, 3.8) is 0 Å². The topological polar surface area (TPSA) is 84.2 Å². The van der Waals surface area contributed by atoms with Gasteiger partial charge in [0.15, 0.2) is 0 Å². The van der Waals surface area contributed by atoms with E-state index in [0.29, 0.717) is 28.2 Å². The molecule has 0 aliphatic carbocycles. The summed E-state index contributed by atoms with van der Waals surface area (Å²) in [5, 5.41) is 5.58. The summed E-state index contributed by atoms with van der Waals surface area (Å²) in [6.07, 6.45) is 0. The molecule has 0 saturated heterocycles. The van der Waals surface area contributed by atoms with Crippen LogP contribution in [0.5, 0.6) is 0 Å². The van der Waals surface area contributed by atoms with Crippen LogP contribution in [0.3, 0.4) is 0 Å². The maximum atomic E-state index is 12.5. The van der Waals surface area contributed by atoms with Crippen molar-refractivity contribution in [3.8, 4) is 0 Å². The van der Waals surface area contributed by atoms with Gasteiger partial charge in [0.25, 0.3) is 11.8 Å². The lowest BCUT2D eigenvalue weighted by molar-refractivity contribution is 0.102. The molecular weight excluding hydrogens is 314 g/mol. The highest BCUT2D eigenvalue weighted by Crippen LogP contribution is 2.19. The van der Waals surface area contributed by atoms with Crippen molar-refractivity contribution in [2.75, 3.05) is 16.4 Å². The van der Waals surface area contributed by atoms with E-state index in [1.165, 1.54) is 0 Å². The van der Waals surface area contributed by atoms with Crippen LogP contribution in [0.1, 0.15) is 20.7 Å². The van der Waals surface area contributed by atoms with E-state index in [-0.39, 0.29) is 11.8 Å². The first kappa shape index (κ1) is 16.3. The van der Waals surface area contributed by atoms with Gasteiger partial charge in [-0.15, -0.1) is 0 Å². The second-order valence-corrected chi connectivity index (χ2v) is 5.44. The Morgan fingerprint density at radius 2 is 1.32 bits per heavy atom. The Hall–Kier alpha value is -3.60. The highest BCUT2D eigenvalue weighted by atomic mass is 16.2. The number of benzene rings is 3. The molecule has 0 radical (unpaired) electrons. The minimum Gasteiger partial charge on any atom is -0.399 e. The molecule has 5 nitrogen and oxygen atoms in total. The van der Waals surface area contributed by atoms with Crippen LogP contribution in [0, 0.1) is 0 Å². The molecule has 3 aromatic carbocycles. The average Bonchev–Trinajstić information content (AvgIpc) is 2.64. The van der Waals surface area contributed by atoms with Gasteiger partial charge in [-0.25, -0.2) is 0 Å². The normalized spacial score (nSPS) is 10.1. The maximum absolute atomic E-state index is 12.5. The number of rotatable bonds is 4. The monoisotopic (exact) mass is 331 g/mol. The zero-order chi connectivity index (χ0) is 17.6. The molecule has 3 rings (SSSR count). The van der Waals surface area contributed by atoms with E-state index >= 15 is 0 Å². The van der Waals surface area contributed by atoms with Crippen molar-refractivity contribution in [1.82, 2.24) is 0 Å². The number of amides is 2. The Morgan fingerprint density at radius 1 is 0.680 bits per heavy atom. The smallest absolute Gasteiger partial charge is 0.257 e. The van der Waals surface area contributed by atoms with Gasteiger partial charge in [-0.05, 0) is 48.5 Å². The van der Waals surface area contributed by atoms with Crippen LogP contribution in [-0.2, 0) is 0 Å². The van der Waals surface area contributed by atoms with Crippen molar-refractivity contribution >= 4 is 28.9 Å². The van der Waals surface area contributed by atoms with Crippen LogP contribution < -0.4 is 16.4 Å². The summed E-state index contributed by atoms with van der Waals surface area (Å²) in [6, 6.07) is 22.6. The number of hydrogen-bond acceptors (Lipinski definition) is 3. The molecule has 0 heterocycles. The largest absolute Gasteiger partial charge is 0.399 e. The molecule has 3 aromatic rings. The molecule has 0 aliphatic rings. The Kier molecular flexibility index (Phi) is 4.76. The molecule has 0 fully saturated rings. The summed E-state index contributed by atoms with van der Waals surface area (Å²) in [4.78, 5) is 24.9. The number of carbonyl (C=O) groups is 2. The van der Waals surface area contributed by atoms with Crippen molar-refractivity contribution in [3.05, 3.63) is 90.0 Å². The van der Waals surface area contributed by atoms with E-state index in [4.69, 9.17) is 5.73 Å². The lowest BCUT2D eigenvalue weighted by Crippen LogP contribution is -2.18. The summed E-state index contributed by atoms with van der Waals surface area (Å²) in [6.45, 7) is 0. The van der Waals surface area contributed by atoms with Gasteiger partial charge in [0.1, 0.15) is 0 Å². The zero-order valence-electron chi connectivity index (χ0n) is 13.4. The molecule has 0 aliphatic heterocycles. The first-order chi connectivity index (χ1) is 12.1. The minimum atomic E-state index is -0.311. The second kappa shape index (κ2) is 7.31. The van der Waals surface area contributed by atoms with Gasteiger partial charge < -0.3 is 16.4 Å². The first-order valence-corrected chi connectivity index (χ1v) is 7.76. The van der Waals surface area contributed by atoms with E-state index in [1.807, 2.05) is 6.07 Å². The third-order valence-corrected chi connectivity index (χ3v) is 3.62. The van der Waals surface area contributed by atoms with Crippen LogP contribution in [-0.4, -0.2) is 11.8 Å². The molecule has 0 spiro atoms. The fourth-order valence-corrected chi connectivity index (χ4v) is 2.34. The van der Waals surface area contributed by atoms with Crippen LogP contribution in [0.25, 0.3) is 0 Å². The molecule has 0 saturated carbocycles. The van der Waals surface area contributed by atoms with Crippen molar-refractivity contribution in [2.45, 2.75) is 0 Å². The number of para-hydroxylation sites is 1. The lowest BCUT2D eigenvalue weighted by Gasteiger charge is -2.11. The van der Waals surface area contributed by atoms with E-state index in [9.17, 15) is 9.59 Å². The molecule has 2 amide bonds. The zero-order valence-corrected chi connectivity index (χ0v) is 13.4. The van der Waals surface area contributed by atoms with Gasteiger partial charge in [0.2, 0.25) is 0 Å². The highest BCUT2D eigenvalue weighted by Gasteiger charge is 2.14. The van der Waals surface area contributed by atoms with Crippen molar-refractivity contribution in [1.29, 1.82) is 0 Å². The van der Waals surface area contributed by atoms with E-state index in [2.05, 4.69) is 10.6 Å². The molecule has 0 bridgehead atoms. The Labute approximate surface area is 145 Å². The minimum absolute atomic E-state index is 0.270. The van der Waals surface area contributed by atoms with Crippen LogP contribution >= 0.6 is 0 Å². The summed E-state index contributed by atoms with van der Waals surface area (Å²) in [5.41, 5.74) is 8.24. The van der Waals surface area contributed by atoms with Crippen LogP contribution in [0.4, 0.5) is 17.1 Å². The Morgan fingerprint density at radius 3 is 2.04 bits per heavy atom. The van der Waals surface area contributed by atoms with Gasteiger partial charge in [0.05, 0.1) is 11.3 Å². The fraction of sp³-hybridized carbons (Fsp3) is 0. The molecule has 0 aromatic heterocycles. The number of carbonyl (C=O) groups excluding carboxylic acids is 2. The van der Waals surface area contributed by atoms with Crippen molar-refractivity contribution < 1.29 is 9.59 Å². The number of nitrogens with one attached hydrogen (secondary N) is 2. The number of nitrogen functional groups attached to an aromatic ring is 1. The predicted octanol–water partition coefficient (Wildman–Crippen LogP) is 3.77. The standard InChI is InChI=1S/C20H17N3O2/c21-15-10-12-16(13-11-15)22-20(25)17-8-4-5-9-18(17)23-19(24)14-6-2-1-3-7-14/h1-13H,21H2,(H,22,25)(H,23,24). The van der Waals surface area contributed by atoms with E-state index in [1.54, 1.807) is 72.8 Å². The first-order valence-electron chi connectivity index (χ1n) is 7.76. The number of nitrogens with two attached hydrogens (primary N) is 1. The number of anilines is 3. The SMILES string of the molecule is Nc1ccc(NC(=O)c2ccccc2NC(=O)c2ccccc2)cc1. The molecular formula is C20H17N3O2. The molecule has 0 atom stereocenters. The summed E-state index contributed by atoms with van der Waals surface area (Å²) in [7, 11) is 0. The summed E-state index contributed by atoms with van der Waals surface area (Å²) < 4.78 is 0. The third-order valence-electron chi connectivity index (χ3n) is 3.62. The molecule has 0 unspecified atom stereocenters. The van der Waals surface area contributed by atoms with Gasteiger partial charge in [-0.1, -0.05) is 30.3 Å². The van der Waals surface area contributed by atoms with Crippen LogP contribution in [0.2, 0.25) is 0 Å².